The largest absolute Gasteiger partial charge is 0.493 e. The summed E-state index contributed by atoms with van der Waals surface area (Å²) in [5.74, 6) is -1.45. The number of aromatic nitrogens is 1. The number of aromatic amines is 1. The Hall–Kier alpha value is -3.28. The van der Waals surface area contributed by atoms with Gasteiger partial charge >= 0.3 is 11.9 Å². The lowest BCUT2D eigenvalue weighted by Gasteiger charge is -2.13. The minimum atomic E-state index is -0.969. The molecule has 0 saturated carbocycles. The first-order valence-electron chi connectivity index (χ1n) is 9.04. The van der Waals surface area contributed by atoms with Crippen molar-refractivity contribution in [1.29, 1.82) is 0 Å². The van der Waals surface area contributed by atoms with Crippen LogP contribution >= 0.6 is 0 Å². The normalized spacial score (nSPS) is 10.8. The molecule has 3 aromatic rings. The predicted octanol–water partition coefficient (Wildman–Crippen LogP) is 3.29. The van der Waals surface area contributed by atoms with E-state index >= 15 is 0 Å². The number of nitrogens with one attached hydrogen (secondary N) is 1. The van der Waals surface area contributed by atoms with Gasteiger partial charge in [0, 0.05) is 17.6 Å². The monoisotopic (exact) mass is 381 g/mol. The number of ether oxygens (including phenoxy) is 3. The molecule has 0 bridgehead atoms. The summed E-state index contributed by atoms with van der Waals surface area (Å²) in [7, 11) is 2.50. The molecule has 0 aliphatic heterocycles. The van der Waals surface area contributed by atoms with Crippen molar-refractivity contribution < 1.29 is 23.8 Å². The highest BCUT2D eigenvalue weighted by molar-refractivity contribution is 5.95. The van der Waals surface area contributed by atoms with E-state index in [9.17, 15) is 9.59 Å². The van der Waals surface area contributed by atoms with Gasteiger partial charge in [0.05, 0.1) is 20.8 Å². The molecule has 0 atom stereocenters. The molecule has 0 saturated heterocycles. The summed E-state index contributed by atoms with van der Waals surface area (Å²) >= 11 is 0. The number of para-hydroxylation sites is 1. The zero-order chi connectivity index (χ0) is 19.9. The van der Waals surface area contributed by atoms with Crippen molar-refractivity contribution in [1.82, 2.24) is 4.98 Å². The Labute approximate surface area is 163 Å². The zero-order valence-corrected chi connectivity index (χ0v) is 15.9. The van der Waals surface area contributed by atoms with Crippen molar-refractivity contribution in [2.75, 3.05) is 20.8 Å². The number of hydrogen-bond acceptors (Lipinski definition) is 5. The fourth-order valence-corrected chi connectivity index (χ4v) is 3.05. The van der Waals surface area contributed by atoms with Gasteiger partial charge in [0.2, 0.25) is 0 Å². The van der Waals surface area contributed by atoms with Crippen LogP contribution in [-0.4, -0.2) is 37.7 Å². The Bertz CT molecular complexity index is 896. The van der Waals surface area contributed by atoms with Crippen LogP contribution in [0, 0.1) is 5.92 Å². The van der Waals surface area contributed by atoms with Crippen LogP contribution < -0.4 is 4.74 Å². The summed E-state index contributed by atoms with van der Waals surface area (Å²) in [4.78, 5) is 26.9. The molecule has 1 N–H and O–H groups in total. The molecule has 0 unspecified atom stereocenters. The minimum Gasteiger partial charge on any atom is -0.493 e. The summed E-state index contributed by atoms with van der Waals surface area (Å²) in [6, 6.07) is 17.6. The molecule has 6 nitrogen and oxygen atoms in total. The van der Waals surface area contributed by atoms with Gasteiger partial charge in [-0.25, -0.2) is 0 Å². The van der Waals surface area contributed by atoms with Crippen molar-refractivity contribution in [3.8, 4) is 5.75 Å². The molecule has 0 spiro atoms. The fraction of sp³-hybridized carbons (Fsp3) is 0.273. The van der Waals surface area contributed by atoms with E-state index in [1.54, 1.807) is 0 Å². The standard InChI is InChI=1S/C22H23NO5/c1-26-21(24)19(22(25)27-2)13-15-7-9-18(10-8-15)28-12-11-17-14-16-5-3-4-6-20(16)23-17/h3-10,14,19,23H,11-13H2,1-2H3. The lowest BCUT2D eigenvalue weighted by atomic mass is 9.99. The molecule has 1 aromatic heterocycles. The molecule has 0 aliphatic carbocycles. The number of hydrogen-bond donors (Lipinski definition) is 1. The Balaban J connectivity index is 1.55. The highest BCUT2D eigenvalue weighted by Crippen LogP contribution is 2.18. The van der Waals surface area contributed by atoms with Crippen LogP contribution in [0.2, 0.25) is 0 Å². The Morgan fingerprint density at radius 3 is 2.29 bits per heavy atom. The van der Waals surface area contributed by atoms with Crippen molar-refractivity contribution >= 4 is 22.8 Å². The van der Waals surface area contributed by atoms with E-state index in [1.165, 1.54) is 19.6 Å². The summed E-state index contributed by atoms with van der Waals surface area (Å²) < 4.78 is 15.2. The number of fused-ring (bicyclic) bond motifs is 1. The molecule has 0 radical (unpaired) electrons. The van der Waals surface area contributed by atoms with Gasteiger partial charge in [-0.1, -0.05) is 30.3 Å². The van der Waals surface area contributed by atoms with Gasteiger partial charge in [0.15, 0.2) is 5.92 Å². The highest BCUT2D eigenvalue weighted by atomic mass is 16.5. The summed E-state index contributed by atoms with van der Waals surface area (Å²) in [5.41, 5.74) is 3.06. The van der Waals surface area contributed by atoms with Gasteiger partial charge in [0.25, 0.3) is 0 Å². The third-order valence-electron chi connectivity index (χ3n) is 4.56. The van der Waals surface area contributed by atoms with E-state index in [1.807, 2.05) is 42.5 Å². The average Bonchev–Trinajstić information content (AvgIpc) is 3.14. The minimum absolute atomic E-state index is 0.217. The average molecular weight is 381 g/mol. The molecule has 2 aromatic carbocycles. The molecule has 0 amide bonds. The summed E-state index contributed by atoms with van der Waals surface area (Å²) in [6.07, 6.45) is 0.984. The van der Waals surface area contributed by atoms with Gasteiger partial charge in [-0.2, -0.15) is 0 Å². The number of H-pyrrole nitrogens is 1. The van der Waals surface area contributed by atoms with Crippen molar-refractivity contribution in [2.24, 2.45) is 5.92 Å². The number of methoxy groups -OCH3 is 2. The van der Waals surface area contributed by atoms with E-state index in [2.05, 4.69) is 26.6 Å². The number of esters is 2. The first-order valence-corrected chi connectivity index (χ1v) is 9.04. The van der Waals surface area contributed by atoms with Crippen molar-refractivity contribution in [3.63, 3.8) is 0 Å². The Morgan fingerprint density at radius 2 is 1.64 bits per heavy atom. The van der Waals surface area contributed by atoms with Gasteiger partial charge in [0.1, 0.15) is 5.75 Å². The summed E-state index contributed by atoms with van der Waals surface area (Å²) in [6.45, 7) is 0.541. The number of carbonyl (C=O) groups excluding carboxylic acids is 2. The fourth-order valence-electron chi connectivity index (χ4n) is 3.05. The Morgan fingerprint density at radius 1 is 0.964 bits per heavy atom. The van der Waals surface area contributed by atoms with Crippen LogP contribution in [0.4, 0.5) is 0 Å². The summed E-state index contributed by atoms with van der Waals surface area (Å²) in [5, 5.41) is 1.19. The third kappa shape index (κ3) is 4.71. The molecule has 146 valence electrons. The topological polar surface area (TPSA) is 77.6 Å². The maximum atomic E-state index is 11.8. The number of carbonyl (C=O) groups is 2. The van der Waals surface area contributed by atoms with Crippen molar-refractivity contribution in [2.45, 2.75) is 12.8 Å². The Kier molecular flexibility index (Phi) is 6.32. The predicted molar refractivity (Wildman–Crippen MR) is 105 cm³/mol. The highest BCUT2D eigenvalue weighted by Gasteiger charge is 2.28. The SMILES string of the molecule is COC(=O)C(Cc1ccc(OCCc2cc3ccccc3[nH]2)cc1)C(=O)OC. The van der Waals surface area contributed by atoms with Crippen molar-refractivity contribution in [3.05, 3.63) is 65.9 Å². The molecular formula is C22H23NO5. The molecule has 1 heterocycles. The second-order valence-corrected chi connectivity index (χ2v) is 6.43. The van der Waals surface area contributed by atoms with E-state index < -0.39 is 17.9 Å². The molecule has 28 heavy (non-hydrogen) atoms. The van der Waals surface area contributed by atoms with Crippen LogP contribution in [0.3, 0.4) is 0 Å². The zero-order valence-electron chi connectivity index (χ0n) is 15.9. The van der Waals surface area contributed by atoms with E-state index in [0.29, 0.717) is 6.61 Å². The van der Waals surface area contributed by atoms with Crippen LogP contribution in [-0.2, 0) is 31.9 Å². The smallest absolute Gasteiger partial charge is 0.320 e. The molecule has 0 fully saturated rings. The van der Waals surface area contributed by atoms with E-state index in [4.69, 9.17) is 4.74 Å². The quantitative estimate of drug-likeness (QED) is 0.479. The second kappa shape index (κ2) is 9.08. The maximum absolute atomic E-state index is 11.8. The third-order valence-corrected chi connectivity index (χ3v) is 4.56. The number of rotatable bonds is 8. The van der Waals surface area contributed by atoms with Crippen LogP contribution in [0.15, 0.2) is 54.6 Å². The van der Waals surface area contributed by atoms with Crippen LogP contribution in [0.5, 0.6) is 5.75 Å². The van der Waals surface area contributed by atoms with Gasteiger partial charge in [-0.05, 0) is 41.6 Å². The van der Waals surface area contributed by atoms with E-state index in [-0.39, 0.29) is 6.42 Å². The van der Waals surface area contributed by atoms with Gasteiger partial charge < -0.3 is 19.2 Å². The molecule has 3 rings (SSSR count). The first kappa shape index (κ1) is 19.5. The maximum Gasteiger partial charge on any atom is 0.320 e. The second-order valence-electron chi connectivity index (χ2n) is 6.43. The number of benzene rings is 2. The molecular weight excluding hydrogens is 358 g/mol. The lowest BCUT2D eigenvalue weighted by Crippen LogP contribution is -2.28. The van der Waals surface area contributed by atoms with Gasteiger partial charge in [-0.3, -0.25) is 9.59 Å². The van der Waals surface area contributed by atoms with Gasteiger partial charge in [-0.15, -0.1) is 0 Å². The molecule has 0 aliphatic rings. The van der Waals surface area contributed by atoms with E-state index in [0.717, 1.165) is 28.9 Å². The lowest BCUT2D eigenvalue weighted by molar-refractivity contribution is -0.158. The molecule has 6 heteroatoms. The van der Waals surface area contributed by atoms with Crippen LogP contribution in [0.25, 0.3) is 10.9 Å². The van der Waals surface area contributed by atoms with Crippen LogP contribution in [0.1, 0.15) is 11.3 Å². The first-order chi connectivity index (χ1) is 13.6.